The van der Waals surface area contributed by atoms with E-state index in [0.717, 1.165) is 10.0 Å². The van der Waals surface area contributed by atoms with Gasteiger partial charge in [-0.3, -0.25) is 4.79 Å². The van der Waals surface area contributed by atoms with Crippen LogP contribution in [0, 0.1) is 6.92 Å². The van der Waals surface area contributed by atoms with Gasteiger partial charge in [0.25, 0.3) is 5.91 Å². The molecule has 0 aliphatic carbocycles. The van der Waals surface area contributed by atoms with Crippen molar-refractivity contribution >= 4 is 33.2 Å². The van der Waals surface area contributed by atoms with Crippen LogP contribution in [0.1, 0.15) is 5.56 Å². The number of carbonyl (C=O) groups is 1. The van der Waals surface area contributed by atoms with Crippen molar-refractivity contribution in [3.8, 4) is 5.75 Å². The molecule has 0 radical (unpaired) electrons. The molecule has 104 valence electrons. The Labute approximate surface area is 126 Å². The Kier molecular flexibility index (Phi) is 4.63. The molecule has 0 aromatic heterocycles. The molecule has 2 aromatic carbocycles. The number of halogens is 1. The van der Waals surface area contributed by atoms with Gasteiger partial charge in [0.15, 0.2) is 6.61 Å². The van der Waals surface area contributed by atoms with Crippen molar-refractivity contribution in [2.24, 2.45) is 0 Å². The highest BCUT2D eigenvalue weighted by atomic mass is 79.9. The first-order valence-electron chi connectivity index (χ1n) is 6.09. The Morgan fingerprint density at radius 1 is 1.30 bits per heavy atom. The molecule has 0 saturated heterocycles. The Morgan fingerprint density at radius 2 is 2.05 bits per heavy atom. The maximum Gasteiger partial charge on any atom is 0.262 e. The van der Waals surface area contributed by atoms with E-state index in [-0.39, 0.29) is 12.5 Å². The Hall–Kier alpha value is -2.01. The number of amides is 1. The fourth-order valence-electron chi connectivity index (χ4n) is 1.70. The number of nitrogens with two attached hydrogens (primary N) is 1. The quantitative estimate of drug-likeness (QED) is 0.842. The van der Waals surface area contributed by atoms with Crippen molar-refractivity contribution in [3.63, 3.8) is 0 Å². The van der Waals surface area contributed by atoms with Crippen LogP contribution >= 0.6 is 15.9 Å². The van der Waals surface area contributed by atoms with Gasteiger partial charge in [-0.25, -0.2) is 0 Å². The summed E-state index contributed by atoms with van der Waals surface area (Å²) in [4.78, 5) is 11.8. The molecule has 20 heavy (non-hydrogen) atoms. The maximum absolute atomic E-state index is 11.8. The van der Waals surface area contributed by atoms with Crippen molar-refractivity contribution in [2.45, 2.75) is 6.92 Å². The molecule has 2 aromatic rings. The maximum atomic E-state index is 11.8. The molecule has 0 bridgehead atoms. The van der Waals surface area contributed by atoms with Crippen LogP contribution in [0.4, 0.5) is 11.4 Å². The number of hydrogen-bond donors (Lipinski definition) is 2. The third-order valence-corrected chi connectivity index (χ3v) is 3.23. The van der Waals surface area contributed by atoms with Crippen LogP contribution in [-0.2, 0) is 4.79 Å². The first-order chi connectivity index (χ1) is 9.56. The zero-order chi connectivity index (χ0) is 14.5. The van der Waals surface area contributed by atoms with Crippen LogP contribution in [0.15, 0.2) is 46.9 Å². The number of anilines is 2. The number of nitrogen functional groups attached to an aromatic ring is 1. The molecule has 0 saturated carbocycles. The van der Waals surface area contributed by atoms with Crippen LogP contribution < -0.4 is 15.8 Å². The molecular formula is C15H15BrN2O2. The highest BCUT2D eigenvalue weighted by molar-refractivity contribution is 9.10. The molecule has 0 spiro atoms. The second kappa shape index (κ2) is 6.43. The zero-order valence-corrected chi connectivity index (χ0v) is 12.6. The topological polar surface area (TPSA) is 64.3 Å². The molecule has 2 rings (SSSR count). The van der Waals surface area contributed by atoms with Gasteiger partial charge < -0.3 is 15.8 Å². The minimum absolute atomic E-state index is 0.0552. The van der Waals surface area contributed by atoms with E-state index in [2.05, 4.69) is 21.2 Å². The Balaban J connectivity index is 1.94. The van der Waals surface area contributed by atoms with Crippen LogP contribution in [0.3, 0.4) is 0 Å². The average Bonchev–Trinajstić information content (AvgIpc) is 2.41. The van der Waals surface area contributed by atoms with Crippen molar-refractivity contribution < 1.29 is 9.53 Å². The number of carbonyl (C=O) groups excluding carboxylic acids is 1. The van der Waals surface area contributed by atoms with E-state index in [9.17, 15) is 4.79 Å². The fourth-order valence-corrected chi connectivity index (χ4v) is 2.07. The molecule has 0 aliphatic rings. The minimum Gasteiger partial charge on any atom is -0.483 e. The predicted octanol–water partition coefficient (Wildman–Crippen LogP) is 3.36. The summed E-state index contributed by atoms with van der Waals surface area (Å²) in [6.07, 6.45) is 0. The van der Waals surface area contributed by atoms with Gasteiger partial charge in [0.05, 0.1) is 11.4 Å². The highest BCUT2D eigenvalue weighted by Crippen LogP contribution is 2.23. The van der Waals surface area contributed by atoms with Gasteiger partial charge >= 0.3 is 0 Å². The zero-order valence-electron chi connectivity index (χ0n) is 11.0. The SMILES string of the molecule is Cc1ccccc1OCC(=O)Nc1ccc(Br)cc1N. The molecule has 4 nitrogen and oxygen atoms in total. The number of rotatable bonds is 4. The predicted molar refractivity (Wildman–Crippen MR) is 83.9 cm³/mol. The minimum atomic E-state index is -0.248. The summed E-state index contributed by atoms with van der Waals surface area (Å²) in [5.41, 5.74) is 7.88. The van der Waals surface area contributed by atoms with Crippen LogP contribution in [0.2, 0.25) is 0 Å². The first-order valence-corrected chi connectivity index (χ1v) is 6.89. The number of hydrogen-bond acceptors (Lipinski definition) is 3. The normalized spacial score (nSPS) is 10.1. The van der Waals surface area contributed by atoms with Crippen molar-refractivity contribution in [3.05, 3.63) is 52.5 Å². The monoisotopic (exact) mass is 334 g/mol. The number of ether oxygens (including phenoxy) is 1. The Bertz CT molecular complexity index is 629. The van der Waals surface area contributed by atoms with E-state index in [4.69, 9.17) is 10.5 Å². The molecule has 0 atom stereocenters. The summed E-state index contributed by atoms with van der Waals surface area (Å²) in [6, 6.07) is 12.8. The van der Waals surface area contributed by atoms with Gasteiger partial charge in [-0.05, 0) is 36.8 Å². The molecule has 0 unspecified atom stereocenters. The van der Waals surface area contributed by atoms with Crippen LogP contribution in [0.25, 0.3) is 0 Å². The summed E-state index contributed by atoms with van der Waals surface area (Å²) in [5, 5.41) is 2.72. The lowest BCUT2D eigenvalue weighted by Crippen LogP contribution is -2.21. The van der Waals surface area contributed by atoms with Gasteiger partial charge in [-0.1, -0.05) is 34.1 Å². The molecule has 0 heterocycles. The van der Waals surface area contributed by atoms with E-state index in [1.807, 2.05) is 37.3 Å². The Morgan fingerprint density at radius 3 is 2.75 bits per heavy atom. The van der Waals surface area contributed by atoms with E-state index >= 15 is 0 Å². The van der Waals surface area contributed by atoms with Gasteiger partial charge in [-0.2, -0.15) is 0 Å². The van der Waals surface area contributed by atoms with Crippen molar-refractivity contribution in [2.75, 3.05) is 17.7 Å². The summed E-state index contributed by atoms with van der Waals surface area (Å²) in [6.45, 7) is 1.88. The lowest BCUT2D eigenvalue weighted by molar-refractivity contribution is -0.118. The summed E-state index contributed by atoms with van der Waals surface area (Å²) in [5.74, 6) is 0.453. The van der Waals surface area contributed by atoms with Gasteiger partial charge in [0, 0.05) is 4.47 Å². The molecule has 0 fully saturated rings. The van der Waals surface area contributed by atoms with Crippen LogP contribution in [0.5, 0.6) is 5.75 Å². The molecule has 5 heteroatoms. The standard InChI is InChI=1S/C15H15BrN2O2/c1-10-4-2-3-5-14(10)20-9-15(19)18-13-7-6-11(16)8-12(13)17/h2-8H,9,17H2,1H3,(H,18,19). The van der Waals surface area contributed by atoms with Crippen molar-refractivity contribution in [1.29, 1.82) is 0 Å². The molecule has 1 amide bonds. The highest BCUT2D eigenvalue weighted by Gasteiger charge is 2.07. The lowest BCUT2D eigenvalue weighted by atomic mass is 10.2. The van der Waals surface area contributed by atoms with Gasteiger partial charge in [0.1, 0.15) is 5.75 Å². The molecular weight excluding hydrogens is 320 g/mol. The van der Waals surface area contributed by atoms with E-state index < -0.39 is 0 Å². The number of benzene rings is 2. The summed E-state index contributed by atoms with van der Waals surface area (Å²) in [7, 11) is 0. The number of nitrogens with one attached hydrogen (secondary N) is 1. The van der Waals surface area contributed by atoms with Crippen molar-refractivity contribution in [1.82, 2.24) is 0 Å². The number of aryl methyl sites for hydroxylation is 1. The van der Waals surface area contributed by atoms with Gasteiger partial charge in [0.2, 0.25) is 0 Å². The van der Waals surface area contributed by atoms with E-state index in [0.29, 0.717) is 17.1 Å². The summed E-state index contributed by atoms with van der Waals surface area (Å²) < 4.78 is 6.34. The average molecular weight is 335 g/mol. The second-order valence-electron chi connectivity index (χ2n) is 4.33. The van der Waals surface area contributed by atoms with Gasteiger partial charge in [-0.15, -0.1) is 0 Å². The molecule has 0 aliphatic heterocycles. The summed E-state index contributed by atoms with van der Waals surface area (Å²) >= 11 is 3.31. The van der Waals surface area contributed by atoms with Crippen LogP contribution in [-0.4, -0.2) is 12.5 Å². The third kappa shape index (κ3) is 3.74. The molecule has 3 N–H and O–H groups in total. The first kappa shape index (κ1) is 14.4. The third-order valence-electron chi connectivity index (χ3n) is 2.74. The largest absolute Gasteiger partial charge is 0.483 e. The fraction of sp³-hybridized carbons (Fsp3) is 0.133. The smallest absolute Gasteiger partial charge is 0.262 e. The van der Waals surface area contributed by atoms with E-state index in [1.165, 1.54) is 0 Å². The lowest BCUT2D eigenvalue weighted by Gasteiger charge is -2.10. The number of para-hydroxylation sites is 1. The van der Waals surface area contributed by atoms with E-state index in [1.54, 1.807) is 12.1 Å². The second-order valence-corrected chi connectivity index (χ2v) is 5.25.